The molecular weight excluding hydrogens is 250 g/mol. The molecule has 1 aromatic carbocycles. The van der Waals surface area contributed by atoms with E-state index in [9.17, 15) is 4.79 Å². The van der Waals surface area contributed by atoms with E-state index in [-0.39, 0.29) is 18.5 Å². The molecule has 0 spiro atoms. The number of aryl methyl sites for hydroxylation is 2. The molecule has 0 saturated carbocycles. The number of hydrogen-bond donors (Lipinski definition) is 2. The van der Waals surface area contributed by atoms with E-state index in [2.05, 4.69) is 37.4 Å². The van der Waals surface area contributed by atoms with E-state index in [0.717, 1.165) is 0 Å². The first-order valence-electron chi connectivity index (χ1n) is 7.66. The van der Waals surface area contributed by atoms with Gasteiger partial charge in [0.2, 0.25) is 0 Å². The van der Waals surface area contributed by atoms with Crippen LogP contribution in [-0.2, 0) is 17.6 Å². The van der Waals surface area contributed by atoms with Crippen LogP contribution in [0.5, 0.6) is 0 Å². The normalized spacial score (nSPS) is 17.3. The third-order valence-electron chi connectivity index (χ3n) is 4.20. The van der Waals surface area contributed by atoms with E-state index in [0.29, 0.717) is 6.42 Å². The Balaban J connectivity index is 1.95. The fraction of sp³-hybridized carbons (Fsp3) is 0.588. The van der Waals surface area contributed by atoms with Crippen molar-refractivity contribution >= 4 is 5.97 Å². The second-order valence-electron chi connectivity index (χ2n) is 5.96. The monoisotopic (exact) mass is 275 g/mol. The molecule has 2 rings (SSSR count). The lowest BCUT2D eigenvalue weighted by atomic mass is 9.89. The van der Waals surface area contributed by atoms with Crippen LogP contribution in [0, 0.1) is 0 Å². The molecule has 0 aliphatic heterocycles. The highest BCUT2D eigenvalue weighted by molar-refractivity contribution is 5.66. The van der Waals surface area contributed by atoms with Crippen molar-refractivity contribution < 1.29 is 9.90 Å². The summed E-state index contributed by atoms with van der Waals surface area (Å²) in [5.41, 5.74) is 4.32. The van der Waals surface area contributed by atoms with Crippen molar-refractivity contribution in [2.24, 2.45) is 0 Å². The maximum absolute atomic E-state index is 10.6. The van der Waals surface area contributed by atoms with Gasteiger partial charge in [0.15, 0.2) is 0 Å². The van der Waals surface area contributed by atoms with Crippen LogP contribution in [0.4, 0.5) is 0 Å². The van der Waals surface area contributed by atoms with Crippen LogP contribution in [0.3, 0.4) is 0 Å². The Morgan fingerprint density at radius 2 is 1.95 bits per heavy atom. The summed E-state index contributed by atoms with van der Waals surface area (Å²) < 4.78 is 0. The van der Waals surface area contributed by atoms with Gasteiger partial charge >= 0.3 is 5.97 Å². The van der Waals surface area contributed by atoms with Gasteiger partial charge in [-0.05, 0) is 62.6 Å². The molecule has 2 N–H and O–H groups in total. The van der Waals surface area contributed by atoms with Gasteiger partial charge in [-0.2, -0.15) is 0 Å². The van der Waals surface area contributed by atoms with Crippen LogP contribution in [-0.4, -0.2) is 17.1 Å². The zero-order valence-electron chi connectivity index (χ0n) is 12.5. The minimum atomic E-state index is -0.722. The summed E-state index contributed by atoms with van der Waals surface area (Å²) >= 11 is 0. The first kappa shape index (κ1) is 15.0. The third kappa shape index (κ3) is 4.07. The molecule has 3 nitrogen and oxygen atoms in total. The van der Waals surface area contributed by atoms with Crippen molar-refractivity contribution in [3.63, 3.8) is 0 Å². The molecular formula is C17H25NO2. The molecule has 0 amide bonds. The number of fused-ring (bicyclic) bond motifs is 1. The Morgan fingerprint density at radius 1 is 1.25 bits per heavy atom. The molecule has 0 bridgehead atoms. The van der Waals surface area contributed by atoms with Crippen molar-refractivity contribution in [2.75, 3.05) is 0 Å². The quantitative estimate of drug-likeness (QED) is 0.835. The number of aliphatic carboxylic acids is 1. The average molecular weight is 275 g/mol. The Bertz CT molecular complexity index is 470. The number of benzene rings is 1. The van der Waals surface area contributed by atoms with Gasteiger partial charge < -0.3 is 10.4 Å². The van der Waals surface area contributed by atoms with E-state index in [1.165, 1.54) is 42.4 Å². The number of carboxylic acid groups (broad SMARTS) is 1. The molecule has 20 heavy (non-hydrogen) atoms. The number of carboxylic acids is 1. The lowest BCUT2D eigenvalue weighted by Crippen LogP contribution is -2.29. The highest BCUT2D eigenvalue weighted by atomic mass is 16.4. The van der Waals surface area contributed by atoms with E-state index >= 15 is 0 Å². The topological polar surface area (TPSA) is 49.3 Å². The summed E-state index contributed by atoms with van der Waals surface area (Å²) in [5.74, 6) is -0.722. The molecule has 0 aromatic heterocycles. The molecule has 110 valence electrons. The van der Waals surface area contributed by atoms with E-state index in [4.69, 9.17) is 5.11 Å². The van der Waals surface area contributed by atoms with Gasteiger partial charge in [-0.3, -0.25) is 4.79 Å². The summed E-state index contributed by atoms with van der Waals surface area (Å²) in [4.78, 5) is 10.6. The van der Waals surface area contributed by atoms with Gasteiger partial charge in [-0.25, -0.2) is 0 Å². The molecule has 3 heteroatoms. The SMILES string of the molecule is CC(CCC(=O)O)NC(C)c1ccc2c(c1)CCCC2. The van der Waals surface area contributed by atoms with Crippen molar-refractivity contribution in [3.05, 3.63) is 34.9 Å². The standard InChI is InChI=1S/C17H25NO2/c1-12(7-10-17(19)20)18-13(2)15-9-8-14-5-3-4-6-16(14)11-15/h8-9,11-13,18H,3-7,10H2,1-2H3,(H,19,20). The Morgan fingerprint density at radius 3 is 2.65 bits per heavy atom. The molecule has 1 aromatic rings. The van der Waals surface area contributed by atoms with Crippen LogP contribution < -0.4 is 5.32 Å². The third-order valence-corrected chi connectivity index (χ3v) is 4.20. The van der Waals surface area contributed by atoms with Crippen LogP contribution >= 0.6 is 0 Å². The summed E-state index contributed by atoms with van der Waals surface area (Å²) in [6, 6.07) is 7.30. The van der Waals surface area contributed by atoms with Gasteiger partial charge in [-0.1, -0.05) is 18.2 Å². The minimum absolute atomic E-state index is 0.220. The van der Waals surface area contributed by atoms with Crippen molar-refractivity contribution in [3.8, 4) is 0 Å². The Labute approximate surface area is 121 Å². The van der Waals surface area contributed by atoms with Gasteiger partial charge in [0.25, 0.3) is 0 Å². The minimum Gasteiger partial charge on any atom is -0.481 e. The number of carbonyl (C=O) groups is 1. The van der Waals surface area contributed by atoms with E-state index in [1.807, 2.05) is 0 Å². The molecule has 0 saturated heterocycles. The molecule has 2 unspecified atom stereocenters. The molecule has 0 heterocycles. The highest BCUT2D eigenvalue weighted by Gasteiger charge is 2.14. The van der Waals surface area contributed by atoms with Crippen LogP contribution in [0.2, 0.25) is 0 Å². The zero-order valence-corrected chi connectivity index (χ0v) is 12.5. The largest absolute Gasteiger partial charge is 0.481 e. The molecule has 0 fully saturated rings. The second kappa shape index (κ2) is 6.89. The maximum Gasteiger partial charge on any atom is 0.303 e. The van der Waals surface area contributed by atoms with Crippen molar-refractivity contribution in [1.82, 2.24) is 5.32 Å². The predicted octanol–water partition coefficient (Wildman–Crippen LogP) is 3.47. The number of rotatable bonds is 6. The highest BCUT2D eigenvalue weighted by Crippen LogP contribution is 2.25. The first-order valence-corrected chi connectivity index (χ1v) is 7.66. The second-order valence-corrected chi connectivity index (χ2v) is 5.96. The molecule has 1 aliphatic carbocycles. The molecule has 2 atom stereocenters. The predicted molar refractivity (Wildman–Crippen MR) is 81.0 cm³/mol. The van der Waals surface area contributed by atoms with Crippen LogP contribution in [0.15, 0.2) is 18.2 Å². The van der Waals surface area contributed by atoms with Crippen LogP contribution in [0.1, 0.15) is 62.3 Å². The van der Waals surface area contributed by atoms with E-state index in [1.54, 1.807) is 0 Å². The van der Waals surface area contributed by atoms with Gasteiger partial charge in [0.1, 0.15) is 0 Å². The zero-order chi connectivity index (χ0) is 14.5. The lowest BCUT2D eigenvalue weighted by molar-refractivity contribution is -0.137. The fourth-order valence-electron chi connectivity index (χ4n) is 2.97. The Hall–Kier alpha value is -1.35. The van der Waals surface area contributed by atoms with Gasteiger partial charge in [0, 0.05) is 18.5 Å². The lowest BCUT2D eigenvalue weighted by Gasteiger charge is -2.22. The van der Waals surface area contributed by atoms with E-state index < -0.39 is 5.97 Å². The number of hydrogen-bond acceptors (Lipinski definition) is 2. The Kier molecular flexibility index (Phi) is 5.18. The molecule has 0 radical (unpaired) electrons. The number of nitrogens with one attached hydrogen (secondary N) is 1. The summed E-state index contributed by atoms with van der Waals surface area (Å²) in [6.07, 6.45) is 5.92. The van der Waals surface area contributed by atoms with Crippen LogP contribution in [0.25, 0.3) is 0 Å². The van der Waals surface area contributed by atoms with Crippen molar-refractivity contribution in [1.29, 1.82) is 0 Å². The van der Waals surface area contributed by atoms with Gasteiger partial charge in [-0.15, -0.1) is 0 Å². The summed E-state index contributed by atoms with van der Waals surface area (Å²) in [5, 5.41) is 12.2. The fourth-order valence-corrected chi connectivity index (χ4v) is 2.97. The smallest absolute Gasteiger partial charge is 0.303 e. The average Bonchev–Trinajstić information content (AvgIpc) is 2.44. The maximum atomic E-state index is 10.6. The summed E-state index contributed by atoms with van der Waals surface area (Å²) in [6.45, 7) is 4.21. The van der Waals surface area contributed by atoms with Crippen molar-refractivity contribution in [2.45, 2.75) is 64.5 Å². The van der Waals surface area contributed by atoms with Gasteiger partial charge in [0.05, 0.1) is 0 Å². The first-order chi connectivity index (χ1) is 9.56. The molecule has 1 aliphatic rings. The summed E-state index contributed by atoms with van der Waals surface area (Å²) in [7, 11) is 0.